The molecule has 1 aromatic rings. The molecule has 0 radical (unpaired) electrons. The van der Waals surface area contributed by atoms with Gasteiger partial charge in [-0.25, -0.2) is 4.79 Å². The van der Waals surface area contributed by atoms with Gasteiger partial charge in [-0.2, -0.15) is 0 Å². The van der Waals surface area contributed by atoms with Crippen LogP contribution in [0, 0.1) is 20.2 Å². The summed E-state index contributed by atoms with van der Waals surface area (Å²) in [4.78, 5) is 32.8. The molecule has 2 rings (SSSR count). The van der Waals surface area contributed by atoms with E-state index in [4.69, 9.17) is 0 Å². The number of hydrogen-bond donors (Lipinski definition) is 1. The van der Waals surface area contributed by atoms with Crippen LogP contribution in [-0.4, -0.2) is 39.2 Å². The van der Waals surface area contributed by atoms with Crippen LogP contribution in [0.3, 0.4) is 0 Å². The molecule has 2 atom stereocenters. The van der Waals surface area contributed by atoms with E-state index in [1.807, 2.05) is 0 Å². The minimum Gasteiger partial charge on any atom is -0.474 e. The molecule has 106 valence electrons. The Labute approximate surface area is 112 Å². The maximum Gasteiger partial charge on any atom is 0.458 e. The summed E-state index contributed by atoms with van der Waals surface area (Å²) in [5, 5.41) is 31.7. The maximum atomic E-state index is 11.5. The lowest BCUT2D eigenvalue weighted by molar-refractivity contribution is -0.634. The summed E-state index contributed by atoms with van der Waals surface area (Å²) in [7, 11) is 0. The zero-order chi connectivity index (χ0) is 14.9. The second kappa shape index (κ2) is 4.76. The summed E-state index contributed by atoms with van der Waals surface area (Å²) < 4.78 is 0. The van der Waals surface area contributed by atoms with Gasteiger partial charge in [0, 0.05) is 23.6 Å². The molecule has 0 spiro atoms. The van der Waals surface area contributed by atoms with E-state index in [2.05, 4.69) is 0 Å². The lowest BCUT2D eigenvalue weighted by Gasteiger charge is -2.28. The molecule has 1 unspecified atom stereocenters. The number of carboxylic acid groups (broad SMARTS) is 1. The number of benzene rings is 1. The molecule has 1 aliphatic heterocycles. The average molecular weight is 281 g/mol. The minimum absolute atomic E-state index is 0.0665. The Hall–Kier alpha value is -2.71. The quantitative estimate of drug-likeness (QED) is 0.632. The number of carboxylic acids is 1. The summed E-state index contributed by atoms with van der Waals surface area (Å²) in [6.45, 7) is -0.0665. The van der Waals surface area contributed by atoms with Gasteiger partial charge < -0.3 is 5.11 Å². The molecule has 9 heteroatoms. The van der Waals surface area contributed by atoms with Crippen LogP contribution >= 0.6 is 0 Å². The number of aliphatic carboxylic acids is 1. The van der Waals surface area contributed by atoms with Crippen molar-refractivity contribution in [2.45, 2.75) is 18.1 Å². The highest BCUT2D eigenvalue weighted by molar-refractivity contribution is 5.83. The van der Waals surface area contributed by atoms with Crippen molar-refractivity contribution in [1.82, 2.24) is 0 Å². The normalized spacial score (nSPS) is 25.4. The van der Waals surface area contributed by atoms with E-state index < -0.39 is 27.5 Å². The first-order valence-electron chi connectivity index (χ1n) is 5.76. The van der Waals surface area contributed by atoms with E-state index in [9.17, 15) is 30.1 Å². The second-order valence-corrected chi connectivity index (χ2v) is 4.37. The Bertz CT molecular complexity index is 547. The molecule has 1 aliphatic rings. The number of nitro groups is 2. The number of anilines is 1. The SMILES string of the molecule is O=C(O)[C@]1([N+](=O)[O-])C([N+](=O)[O-])CCN1c1ccccc1. The van der Waals surface area contributed by atoms with Crippen LogP contribution in [0.25, 0.3) is 0 Å². The largest absolute Gasteiger partial charge is 0.474 e. The van der Waals surface area contributed by atoms with Crippen LogP contribution in [0.5, 0.6) is 0 Å². The van der Waals surface area contributed by atoms with Gasteiger partial charge in [-0.3, -0.25) is 25.1 Å². The monoisotopic (exact) mass is 281 g/mol. The molecule has 1 fully saturated rings. The third-order valence-corrected chi connectivity index (χ3v) is 3.42. The third kappa shape index (κ3) is 1.75. The minimum atomic E-state index is -2.77. The Kier molecular flexibility index (Phi) is 3.26. The van der Waals surface area contributed by atoms with Crippen molar-refractivity contribution in [3.8, 4) is 0 Å². The molecule has 1 heterocycles. The molecule has 1 N–H and O–H groups in total. The second-order valence-electron chi connectivity index (χ2n) is 4.37. The van der Waals surface area contributed by atoms with Crippen LogP contribution < -0.4 is 4.90 Å². The van der Waals surface area contributed by atoms with Gasteiger partial charge in [0.1, 0.15) is 0 Å². The zero-order valence-corrected chi connectivity index (χ0v) is 10.2. The van der Waals surface area contributed by atoms with Gasteiger partial charge in [0.2, 0.25) is 0 Å². The summed E-state index contributed by atoms with van der Waals surface area (Å²) in [6.07, 6.45) is -0.199. The van der Waals surface area contributed by atoms with Crippen LogP contribution in [0.2, 0.25) is 0 Å². The predicted molar refractivity (Wildman–Crippen MR) is 66.5 cm³/mol. The Morgan fingerprint density at radius 2 is 1.90 bits per heavy atom. The van der Waals surface area contributed by atoms with Crippen molar-refractivity contribution >= 4 is 11.7 Å². The van der Waals surface area contributed by atoms with E-state index in [1.54, 1.807) is 18.2 Å². The summed E-state index contributed by atoms with van der Waals surface area (Å²) in [5.41, 5.74) is -2.50. The van der Waals surface area contributed by atoms with E-state index in [0.717, 1.165) is 4.90 Å². The number of rotatable bonds is 4. The van der Waals surface area contributed by atoms with E-state index in [0.29, 0.717) is 0 Å². The molecule has 0 aromatic heterocycles. The molecule has 1 aromatic carbocycles. The topological polar surface area (TPSA) is 127 Å². The van der Waals surface area contributed by atoms with Gasteiger partial charge in [-0.15, -0.1) is 0 Å². The van der Waals surface area contributed by atoms with Crippen LogP contribution in [-0.2, 0) is 4.79 Å². The average Bonchev–Trinajstić information content (AvgIpc) is 2.80. The lowest BCUT2D eigenvalue weighted by atomic mass is 10.0. The fraction of sp³-hybridized carbons (Fsp3) is 0.364. The molecule has 9 nitrogen and oxygen atoms in total. The molecule has 0 aliphatic carbocycles. The summed E-state index contributed by atoms with van der Waals surface area (Å²) in [6, 6.07) is 6.02. The van der Waals surface area contributed by atoms with Gasteiger partial charge in [0.15, 0.2) is 0 Å². The highest BCUT2D eigenvalue weighted by Crippen LogP contribution is 2.36. The molecule has 0 amide bonds. The zero-order valence-electron chi connectivity index (χ0n) is 10.2. The number of carbonyl (C=O) groups is 1. The van der Waals surface area contributed by atoms with Gasteiger partial charge >= 0.3 is 17.7 Å². The molecule has 0 saturated carbocycles. The fourth-order valence-corrected chi connectivity index (χ4v) is 2.55. The predicted octanol–water partition coefficient (Wildman–Crippen LogP) is 0.600. The molecule has 20 heavy (non-hydrogen) atoms. The Morgan fingerprint density at radius 3 is 2.35 bits per heavy atom. The highest BCUT2D eigenvalue weighted by atomic mass is 16.7. The number of nitrogens with zero attached hydrogens (tertiary/aromatic N) is 3. The highest BCUT2D eigenvalue weighted by Gasteiger charge is 2.73. The van der Waals surface area contributed by atoms with E-state index >= 15 is 0 Å². The Balaban J connectivity index is 2.60. The van der Waals surface area contributed by atoms with Crippen LogP contribution in [0.4, 0.5) is 5.69 Å². The van der Waals surface area contributed by atoms with Gasteiger partial charge in [-0.1, -0.05) is 18.2 Å². The third-order valence-electron chi connectivity index (χ3n) is 3.42. The molecule has 1 saturated heterocycles. The number of hydrogen-bond acceptors (Lipinski definition) is 6. The van der Waals surface area contributed by atoms with Gasteiger partial charge in [-0.05, 0) is 12.1 Å². The smallest absolute Gasteiger partial charge is 0.458 e. The Morgan fingerprint density at radius 1 is 1.30 bits per heavy atom. The van der Waals surface area contributed by atoms with E-state index in [-0.39, 0.29) is 18.7 Å². The maximum absolute atomic E-state index is 11.5. The number of para-hydroxylation sites is 1. The van der Waals surface area contributed by atoms with Crippen molar-refractivity contribution in [2.75, 3.05) is 11.4 Å². The van der Waals surface area contributed by atoms with Crippen molar-refractivity contribution in [3.05, 3.63) is 50.6 Å². The molecular formula is C11H11N3O6. The summed E-state index contributed by atoms with van der Waals surface area (Å²) in [5.74, 6) is -1.83. The van der Waals surface area contributed by atoms with Crippen molar-refractivity contribution < 1.29 is 19.7 Å². The van der Waals surface area contributed by atoms with Gasteiger partial charge in [0.05, 0.1) is 4.92 Å². The van der Waals surface area contributed by atoms with Crippen molar-refractivity contribution in [1.29, 1.82) is 0 Å². The fourth-order valence-electron chi connectivity index (χ4n) is 2.55. The van der Waals surface area contributed by atoms with Gasteiger partial charge in [0.25, 0.3) is 0 Å². The summed E-state index contributed by atoms with van der Waals surface area (Å²) >= 11 is 0. The van der Waals surface area contributed by atoms with Crippen molar-refractivity contribution in [3.63, 3.8) is 0 Å². The first-order chi connectivity index (χ1) is 9.42. The molecular weight excluding hydrogens is 270 g/mol. The first-order valence-corrected chi connectivity index (χ1v) is 5.76. The lowest BCUT2D eigenvalue weighted by Crippen LogP contribution is -2.64. The first kappa shape index (κ1) is 13.7. The van der Waals surface area contributed by atoms with E-state index in [1.165, 1.54) is 12.1 Å². The standard InChI is InChI=1S/C11H11N3O6/c15-10(16)11(14(19)20)9(13(17)18)6-7-12(11)8-4-2-1-3-5-8/h1-5,9H,6-7H2,(H,15,16)/t9?,11-/m1/s1. The van der Waals surface area contributed by atoms with Crippen LogP contribution in [0.1, 0.15) is 6.42 Å². The van der Waals surface area contributed by atoms with Crippen LogP contribution in [0.15, 0.2) is 30.3 Å². The molecule has 0 bridgehead atoms. The van der Waals surface area contributed by atoms with Crippen molar-refractivity contribution in [2.24, 2.45) is 0 Å².